The molecule has 0 fully saturated rings. The minimum Gasteiger partial charge on any atom is -0.477 e. The van der Waals surface area contributed by atoms with E-state index in [-0.39, 0.29) is 33.2 Å². The predicted octanol–water partition coefficient (Wildman–Crippen LogP) is 11.1. The van der Waals surface area contributed by atoms with Crippen molar-refractivity contribution in [2.75, 3.05) is 0 Å². The summed E-state index contributed by atoms with van der Waals surface area (Å²) in [7, 11) is 0. The van der Waals surface area contributed by atoms with Gasteiger partial charge in [0.1, 0.15) is 5.69 Å². The zero-order valence-electron chi connectivity index (χ0n) is 28.6. The van der Waals surface area contributed by atoms with Crippen molar-refractivity contribution in [3.63, 3.8) is 0 Å². The maximum Gasteiger partial charge on any atom is 3.00 e. The number of carbonyl (C=O) groups is 1. The van der Waals surface area contributed by atoms with Crippen LogP contribution in [0, 0.1) is 26.5 Å². The molecule has 0 radical (unpaired) electrons. The van der Waals surface area contributed by atoms with Crippen molar-refractivity contribution in [2.45, 2.75) is 6.92 Å². The Morgan fingerprint density at radius 3 is 2.02 bits per heavy atom. The van der Waals surface area contributed by atoms with Crippen LogP contribution in [0.1, 0.15) is 16.1 Å². The van der Waals surface area contributed by atoms with Gasteiger partial charge in [0, 0.05) is 23.8 Å². The molecule has 0 aliphatic heterocycles. The summed E-state index contributed by atoms with van der Waals surface area (Å²) in [4.78, 5) is 24.8. The number of fused-ring (bicyclic) bond motifs is 1. The van der Waals surface area contributed by atoms with E-state index >= 15 is 0 Å². The number of aromatic carboxylic acids is 1. The van der Waals surface area contributed by atoms with Crippen molar-refractivity contribution < 1.29 is 30.0 Å². The van der Waals surface area contributed by atoms with Crippen LogP contribution in [0.5, 0.6) is 0 Å². The second kappa shape index (κ2) is 17.2. The minimum atomic E-state index is -1.04. The van der Waals surface area contributed by atoms with E-state index in [2.05, 4.69) is 76.7 Å². The molecule has 0 atom stereocenters. The van der Waals surface area contributed by atoms with Gasteiger partial charge in [0.2, 0.25) is 0 Å². The molecule has 8 aromatic rings. The number of carboxylic acid groups (broad SMARTS) is 1. The van der Waals surface area contributed by atoms with Crippen molar-refractivity contribution in [3.05, 3.63) is 195 Å². The quantitative estimate of drug-likeness (QED) is 0.169. The molecule has 5 nitrogen and oxygen atoms in total. The average Bonchev–Trinajstić information content (AvgIpc) is 3.19. The second-order valence-corrected chi connectivity index (χ2v) is 11.7. The van der Waals surface area contributed by atoms with E-state index in [1.54, 1.807) is 12.1 Å². The molecule has 0 unspecified atom stereocenters. The molecular weight excluding hydrogens is 819 g/mol. The molecule has 1 N–H and O–H groups in total. The van der Waals surface area contributed by atoms with Gasteiger partial charge in [-0.05, 0) is 58.3 Å². The fourth-order valence-electron chi connectivity index (χ4n) is 5.73. The molecule has 0 bridgehead atoms. The first-order valence-corrected chi connectivity index (χ1v) is 16.2. The number of aromatic nitrogens is 3. The number of carboxylic acids is 1. The first kappa shape index (κ1) is 37.2. The van der Waals surface area contributed by atoms with Gasteiger partial charge in [0.25, 0.3) is 0 Å². The van der Waals surface area contributed by atoms with Crippen LogP contribution >= 0.6 is 0 Å². The van der Waals surface area contributed by atoms with Gasteiger partial charge in [-0.15, -0.1) is 54.1 Å². The number of pyridine rings is 3. The van der Waals surface area contributed by atoms with E-state index in [9.17, 15) is 9.90 Å². The van der Waals surface area contributed by atoms with E-state index in [0.717, 1.165) is 61.3 Å². The molecule has 8 rings (SSSR count). The Labute approximate surface area is 318 Å². The first-order chi connectivity index (χ1) is 24.5. The standard InChI is InChI=1S/C26H17N2.C19H14NO2.CH3.Ir/c1-2-8-19(9-3-1)21-16-22(25-12-6-7-14-27-25)18-23(17-21)26-24-11-5-4-10-20(24)13-15-28-26;1-13-7-9-14(10-8-13)16-11-17(15-5-3-2-4-6-15)20-18(12-16)19(21)22;;/h1-17H;2-5,7-12H,1H3,(H,21,22);1H3;/q3*-1;+3. The van der Waals surface area contributed by atoms with E-state index in [1.807, 2.05) is 104 Å². The molecule has 0 saturated carbocycles. The van der Waals surface area contributed by atoms with Gasteiger partial charge in [-0.25, -0.2) is 4.79 Å². The summed E-state index contributed by atoms with van der Waals surface area (Å²) in [6.45, 7) is 2.02. The van der Waals surface area contributed by atoms with Crippen molar-refractivity contribution in [1.82, 2.24) is 15.0 Å². The fraction of sp³-hybridized carbons (Fsp3) is 0.0217. The summed E-state index contributed by atoms with van der Waals surface area (Å²) in [6, 6.07) is 56.5. The molecule has 5 aromatic carbocycles. The molecule has 0 aliphatic carbocycles. The number of aryl methyl sites for hydroxylation is 1. The molecule has 0 amide bonds. The smallest absolute Gasteiger partial charge is 0.477 e. The molecule has 3 aromatic heterocycles. The zero-order chi connectivity index (χ0) is 34.3. The third-order valence-electron chi connectivity index (χ3n) is 8.26. The molecule has 6 heteroatoms. The average molecular weight is 853 g/mol. The first-order valence-electron chi connectivity index (χ1n) is 16.2. The molecule has 0 aliphatic rings. The van der Waals surface area contributed by atoms with Crippen LogP contribution in [0.25, 0.3) is 66.8 Å². The largest absolute Gasteiger partial charge is 3.00 e. The summed E-state index contributed by atoms with van der Waals surface area (Å²) >= 11 is 0. The Morgan fingerprint density at radius 2 is 1.29 bits per heavy atom. The van der Waals surface area contributed by atoms with Gasteiger partial charge in [-0.1, -0.05) is 119 Å². The van der Waals surface area contributed by atoms with Crippen molar-refractivity contribution in [3.8, 4) is 56.0 Å². The Morgan fingerprint density at radius 1 is 0.596 bits per heavy atom. The normalized spacial score (nSPS) is 10.2. The van der Waals surface area contributed by atoms with Gasteiger partial charge in [-0.2, -0.15) is 0 Å². The number of rotatable bonds is 6. The molecule has 254 valence electrons. The van der Waals surface area contributed by atoms with Crippen LogP contribution in [-0.2, 0) is 20.1 Å². The Balaban J connectivity index is 0.000000199. The van der Waals surface area contributed by atoms with E-state index in [4.69, 9.17) is 4.98 Å². The monoisotopic (exact) mass is 853 g/mol. The van der Waals surface area contributed by atoms with Crippen LogP contribution in [0.3, 0.4) is 0 Å². The zero-order valence-corrected chi connectivity index (χ0v) is 31.0. The summed E-state index contributed by atoms with van der Waals surface area (Å²) in [6.07, 6.45) is 3.68. The van der Waals surface area contributed by atoms with Gasteiger partial charge in [-0.3, -0.25) is 15.0 Å². The van der Waals surface area contributed by atoms with Crippen LogP contribution < -0.4 is 0 Å². The SMILES string of the molecule is Cc1ccc(-c2cc(C(=O)O)nc(-c3[c-]cccc3)c2)cc1.[CH3-].[Ir+3].[c-]1c(-c2ccccn2)cc(-c2ccccc2)cc1-c1nccc2ccccc12. The van der Waals surface area contributed by atoms with E-state index in [1.165, 1.54) is 5.39 Å². The van der Waals surface area contributed by atoms with Gasteiger partial charge in [0.05, 0.1) is 0 Å². The van der Waals surface area contributed by atoms with E-state index < -0.39 is 5.97 Å². The fourth-order valence-corrected chi connectivity index (χ4v) is 5.73. The second-order valence-electron chi connectivity index (χ2n) is 11.7. The van der Waals surface area contributed by atoms with Crippen LogP contribution in [0.15, 0.2) is 164 Å². The predicted molar refractivity (Wildman–Crippen MR) is 207 cm³/mol. The maximum atomic E-state index is 11.3. The third-order valence-corrected chi connectivity index (χ3v) is 8.26. The third kappa shape index (κ3) is 8.62. The molecule has 3 heterocycles. The number of nitrogens with zero attached hydrogens (tertiary/aromatic N) is 3. The Kier molecular flexibility index (Phi) is 12.3. The number of benzene rings is 5. The Hall–Kier alpha value is -6.07. The number of hydrogen-bond donors (Lipinski definition) is 1. The van der Waals surface area contributed by atoms with Crippen LogP contribution in [-0.4, -0.2) is 26.0 Å². The van der Waals surface area contributed by atoms with Gasteiger partial charge in [0.15, 0.2) is 0 Å². The molecule has 0 spiro atoms. The van der Waals surface area contributed by atoms with E-state index in [0.29, 0.717) is 5.69 Å². The minimum absolute atomic E-state index is 0. The maximum absolute atomic E-state index is 11.3. The summed E-state index contributed by atoms with van der Waals surface area (Å²) in [5.41, 5.74) is 10.4. The van der Waals surface area contributed by atoms with Crippen molar-refractivity contribution in [2.24, 2.45) is 0 Å². The van der Waals surface area contributed by atoms with Crippen LogP contribution in [0.2, 0.25) is 0 Å². The summed E-state index contributed by atoms with van der Waals surface area (Å²) < 4.78 is 0. The van der Waals surface area contributed by atoms with Crippen LogP contribution in [0.4, 0.5) is 0 Å². The summed E-state index contributed by atoms with van der Waals surface area (Å²) in [5.74, 6) is -1.04. The Bertz CT molecular complexity index is 2340. The van der Waals surface area contributed by atoms with Gasteiger partial charge < -0.3 is 12.5 Å². The number of hydrogen-bond acceptors (Lipinski definition) is 4. The summed E-state index contributed by atoms with van der Waals surface area (Å²) in [5, 5.41) is 11.6. The van der Waals surface area contributed by atoms with Crippen molar-refractivity contribution >= 4 is 16.7 Å². The molecule has 0 saturated heterocycles. The van der Waals surface area contributed by atoms with Gasteiger partial charge >= 0.3 is 26.1 Å². The van der Waals surface area contributed by atoms with Crippen molar-refractivity contribution in [1.29, 1.82) is 0 Å². The topological polar surface area (TPSA) is 76.0 Å². The molecule has 52 heavy (non-hydrogen) atoms. The molecular formula is C46H34IrN3O2.